The van der Waals surface area contributed by atoms with Gasteiger partial charge in [-0.3, -0.25) is 4.79 Å². The third-order valence-corrected chi connectivity index (χ3v) is 7.76. The Labute approximate surface area is 210 Å². The summed E-state index contributed by atoms with van der Waals surface area (Å²) in [6, 6.07) is 11.9. The van der Waals surface area contributed by atoms with Gasteiger partial charge < -0.3 is 14.6 Å². The molecule has 3 aromatic heterocycles. The Kier molecular flexibility index (Phi) is 7.81. The lowest BCUT2D eigenvalue weighted by Gasteiger charge is -2.09. The lowest BCUT2D eigenvalue weighted by Crippen LogP contribution is -2.16. The summed E-state index contributed by atoms with van der Waals surface area (Å²) in [4.78, 5) is 26.4. The molecule has 0 bridgehead atoms. The van der Waals surface area contributed by atoms with Crippen molar-refractivity contribution in [3.8, 4) is 21.8 Å². The molecule has 0 spiro atoms. The summed E-state index contributed by atoms with van der Waals surface area (Å²) in [5, 5.41) is 16.6. The standard InChI is InChI=1S/C24H24N4O3S3/c1-4-11-28-21(18-6-5-12-32-18)26-27-24(28)34-14-19(29)25-22-20(23(30)31-3)17(13-33-22)16-9-7-15(2)8-10-16/h5-10,12-13H,4,11,14H2,1-3H3,(H,25,29). The molecule has 0 aliphatic rings. The first kappa shape index (κ1) is 24.2. The average molecular weight is 513 g/mol. The van der Waals surface area contributed by atoms with E-state index in [0.717, 1.165) is 40.4 Å². The Morgan fingerprint density at radius 2 is 1.94 bits per heavy atom. The highest BCUT2D eigenvalue weighted by atomic mass is 32.2. The molecule has 1 amide bonds. The molecule has 0 atom stereocenters. The summed E-state index contributed by atoms with van der Waals surface area (Å²) in [6.45, 7) is 4.87. The smallest absolute Gasteiger partial charge is 0.341 e. The van der Waals surface area contributed by atoms with Crippen molar-refractivity contribution in [2.45, 2.75) is 32.0 Å². The summed E-state index contributed by atoms with van der Waals surface area (Å²) in [7, 11) is 1.34. The molecule has 4 aromatic rings. The zero-order valence-corrected chi connectivity index (χ0v) is 21.5. The maximum atomic E-state index is 12.8. The summed E-state index contributed by atoms with van der Waals surface area (Å²) in [6.07, 6.45) is 0.926. The largest absolute Gasteiger partial charge is 0.465 e. The fraction of sp³-hybridized carbons (Fsp3) is 0.250. The summed E-state index contributed by atoms with van der Waals surface area (Å²) < 4.78 is 7.05. The van der Waals surface area contributed by atoms with Crippen LogP contribution >= 0.6 is 34.4 Å². The number of aromatic nitrogens is 3. The number of anilines is 1. The number of thioether (sulfide) groups is 1. The molecule has 34 heavy (non-hydrogen) atoms. The van der Waals surface area contributed by atoms with Crippen molar-refractivity contribution >= 4 is 51.3 Å². The van der Waals surface area contributed by atoms with E-state index in [1.54, 1.807) is 11.3 Å². The van der Waals surface area contributed by atoms with Crippen LogP contribution in [0.2, 0.25) is 0 Å². The van der Waals surface area contributed by atoms with Crippen LogP contribution in [0.5, 0.6) is 0 Å². The average Bonchev–Trinajstić information content (AvgIpc) is 3.58. The van der Waals surface area contributed by atoms with Crippen molar-refractivity contribution in [1.29, 1.82) is 0 Å². The van der Waals surface area contributed by atoms with E-state index in [1.165, 1.54) is 30.2 Å². The van der Waals surface area contributed by atoms with Crippen LogP contribution in [0.25, 0.3) is 21.8 Å². The molecule has 0 aliphatic carbocycles. The first-order valence-corrected chi connectivity index (χ1v) is 13.4. The number of amides is 1. The van der Waals surface area contributed by atoms with Crippen LogP contribution in [0, 0.1) is 6.92 Å². The van der Waals surface area contributed by atoms with Gasteiger partial charge in [-0.2, -0.15) is 0 Å². The van der Waals surface area contributed by atoms with E-state index in [4.69, 9.17) is 4.74 Å². The molecule has 4 rings (SSSR count). The van der Waals surface area contributed by atoms with Crippen molar-refractivity contribution in [2.24, 2.45) is 0 Å². The molecule has 0 saturated heterocycles. The molecule has 3 heterocycles. The van der Waals surface area contributed by atoms with Crippen molar-refractivity contribution in [2.75, 3.05) is 18.2 Å². The number of ether oxygens (including phenoxy) is 1. The monoisotopic (exact) mass is 512 g/mol. The number of hydrogen-bond donors (Lipinski definition) is 1. The first-order chi connectivity index (χ1) is 16.5. The number of carbonyl (C=O) groups excluding carboxylic acids is 2. The van der Waals surface area contributed by atoms with E-state index in [-0.39, 0.29) is 11.7 Å². The molecular weight excluding hydrogens is 488 g/mol. The Hall–Kier alpha value is -2.95. The Morgan fingerprint density at radius 3 is 2.62 bits per heavy atom. The number of rotatable bonds is 9. The number of nitrogens with zero attached hydrogens (tertiary/aromatic N) is 3. The van der Waals surface area contributed by atoms with Crippen LogP contribution in [0.1, 0.15) is 29.3 Å². The number of thiophene rings is 2. The minimum Gasteiger partial charge on any atom is -0.465 e. The lowest BCUT2D eigenvalue weighted by atomic mass is 10.0. The zero-order chi connectivity index (χ0) is 24.1. The number of benzene rings is 1. The highest BCUT2D eigenvalue weighted by molar-refractivity contribution is 7.99. The summed E-state index contributed by atoms with van der Waals surface area (Å²) in [5.41, 5.74) is 3.13. The second-order valence-corrected chi connectivity index (χ2v) is 10.3. The van der Waals surface area contributed by atoms with Gasteiger partial charge in [-0.05, 0) is 30.4 Å². The zero-order valence-electron chi connectivity index (χ0n) is 19.0. The van der Waals surface area contributed by atoms with Gasteiger partial charge in [-0.25, -0.2) is 4.79 Å². The number of methoxy groups -OCH3 is 1. The molecule has 0 radical (unpaired) electrons. The molecule has 176 valence electrons. The second-order valence-electron chi connectivity index (χ2n) is 7.48. The maximum Gasteiger partial charge on any atom is 0.341 e. The van der Waals surface area contributed by atoms with E-state index in [1.807, 2.05) is 58.6 Å². The van der Waals surface area contributed by atoms with Crippen molar-refractivity contribution in [1.82, 2.24) is 14.8 Å². The Balaban J connectivity index is 1.51. The van der Waals surface area contributed by atoms with Gasteiger partial charge in [0.2, 0.25) is 5.91 Å². The maximum absolute atomic E-state index is 12.8. The Bertz CT molecular complexity index is 1280. The van der Waals surface area contributed by atoms with Gasteiger partial charge in [-0.1, -0.05) is 54.6 Å². The number of esters is 1. The normalized spacial score (nSPS) is 10.9. The molecular formula is C24H24N4O3S3. The summed E-state index contributed by atoms with van der Waals surface area (Å²) >= 11 is 4.25. The fourth-order valence-electron chi connectivity index (χ4n) is 3.40. The molecule has 0 saturated carbocycles. The van der Waals surface area contributed by atoms with Crippen LogP contribution in [0.15, 0.2) is 52.3 Å². The molecule has 0 aliphatic heterocycles. The van der Waals surface area contributed by atoms with Gasteiger partial charge >= 0.3 is 5.97 Å². The van der Waals surface area contributed by atoms with E-state index in [0.29, 0.717) is 15.7 Å². The molecule has 1 N–H and O–H groups in total. The van der Waals surface area contributed by atoms with Gasteiger partial charge in [-0.15, -0.1) is 32.9 Å². The highest BCUT2D eigenvalue weighted by Gasteiger charge is 2.23. The van der Waals surface area contributed by atoms with Crippen LogP contribution in [0.3, 0.4) is 0 Å². The number of aryl methyl sites for hydroxylation is 1. The van der Waals surface area contributed by atoms with E-state index in [2.05, 4.69) is 22.4 Å². The molecule has 1 aromatic carbocycles. The van der Waals surface area contributed by atoms with Crippen LogP contribution < -0.4 is 5.32 Å². The SMILES string of the molecule is CCCn1c(SCC(=O)Nc2scc(-c3ccc(C)cc3)c2C(=O)OC)nnc1-c1cccs1. The van der Waals surface area contributed by atoms with E-state index < -0.39 is 5.97 Å². The molecule has 10 heteroatoms. The molecule has 7 nitrogen and oxygen atoms in total. The first-order valence-electron chi connectivity index (χ1n) is 10.7. The van der Waals surface area contributed by atoms with Crippen molar-refractivity contribution in [3.05, 3.63) is 58.3 Å². The number of carbonyl (C=O) groups is 2. The quantitative estimate of drug-likeness (QED) is 0.220. The molecule has 0 fully saturated rings. The molecule has 0 unspecified atom stereocenters. The fourth-order valence-corrected chi connectivity index (χ4v) is 5.86. The number of nitrogens with one attached hydrogen (secondary N) is 1. The van der Waals surface area contributed by atoms with Crippen molar-refractivity contribution in [3.63, 3.8) is 0 Å². The van der Waals surface area contributed by atoms with Crippen LogP contribution in [-0.4, -0.2) is 39.5 Å². The topological polar surface area (TPSA) is 86.1 Å². The Morgan fingerprint density at radius 1 is 1.15 bits per heavy atom. The van der Waals surface area contributed by atoms with Gasteiger partial charge in [0, 0.05) is 17.5 Å². The predicted octanol–water partition coefficient (Wildman–Crippen LogP) is 5.97. The van der Waals surface area contributed by atoms with Crippen LogP contribution in [-0.2, 0) is 16.1 Å². The number of hydrogen-bond acceptors (Lipinski definition) is 8. The third-order valence-electron chi connectivity index (χ3n) is 5.03. The van der Waals surface area contributed by atoms with E-state index >= 15 is 0 Å². The summed E-state index contributed by atoms with van der Waals surface area (Å²) in [5.74, 6) is 0.248. The minimum atomic E-state index is -0.483. The predicted molar refractivity (Wildman–Crippen MR) is 139 cm³/mol. The third kappa shape index (κ3) is 5.24. The van der Waals surface area contributed by atoms with Gasteiger partial charge in [0.1, 0.15) is 10.6 Å². The van der Waals surface area contributed by atoms with Gasteiger partial charge in [0.25, 0.3) is 0 Å². The minimum absolute atomic E-state index is 0.144. The van der Waals surface area contributed by atoms with Crippen LogP contribution in [0.4, 0.5) is 5.00 Å². The van der Waals surface area contributed by atoms with Gasteiger partial charge in [0.05, 0.1) is 17.7 Å². The lowest BCUT2D eigenvalue weighted by molar-refractivity contribution is -0.113. The van der Waals surface area contributed by atoms with Gasteiger partial charge in [0.15, 0.2) is 11.0 Å². The second kappa shape index (κ2) is 11.0. The highest BCUT2D eigenvalue weighted by Crippen LogP contribution is 2.36. The van der Waals surface area contributed by atoms with E-state index in [9.17, 15) is 9.59 Å². The van der Waals surface area contributed by atoms with Crippen molar-refractivity contribution < 1.29 is 14.3 Å².